The van der Waals surface area contributed by atoms with Crippen LogP contribution in [0.15, 0.2) is 59.8 Å². The van der Waals surface area contributed by atoms with Crippen molar-refractivity contribution in [2.24, 2.45) is 0 Å². The molecule has 0 saturated carbocycles. The van der Waals surface area contributed by atoms with E-state index in [1.165, 1.54) is 16.8 Å². The molecule has 0 unspecified atom stereocenters. The molecular weight excluding hydrogens is 500 g/mol. The number of rotatable bonds is 5. The molecule has 0 atom stereocenters. The normalized spacial score (nSPS) is 14.4. The average molecular weight is 521 g/mol. The minimum atomic E-state index is -4.95. The van der Waals surface area contributed by atoms with E-state index < -0.39 is 23.5 Å². The minimum absolute atomic E-state index is 0.137. The van der Waals surface area contributed by atoms with E-state index in [9.17, 15) is 22.4 Å². The SMILES string of the molecule is O=c1cc(-c2cn(S)c3ncc(N4CCOCC4)cc23)ccn1Cc1cc(F)cc(OC(F)(F)F)c1. The van der Waals surface area contributed by atoms with Gasteiger partial charge in [-0.2, -0.15) is 0 Å². The highest BCUT2D eigenvalue weighted by Gasteiger charge is 2.31. The molecule has 4 aromatic rings. The Labute approximate surface area is 208 Å². The Kier molecular flexibility index (Phi) is 6.39. The molecule has 0 spiro atoms. The van der Waals surface area contributed by atoms with Crippen molar-refractivity contribution in [3.63, 3.8) is 0 Å². The molecule has 1 fully saturated rings. The van der Waals surface area contributed by atoms with Crippen LogP contribution in [0.4, 0.5) is 23.2 Å². The van der Waals surface area contributed by atoms with Gasteiger partial charge < -0.3 is 18.9 Å². The lowest BCUT2D eigenvalue weighted by Gasteiger charge is -2.28. The number of aromatic nitrogens is 3. The third-order valence-electron chi connectivity index (χ3n) is 5.81. The van der Waals surface area contributed by atoms with Crippen molar-refractivity contribution in [1.82, 2.24) is 13.5 Å². The number of halogens is 4. The second kappa shape index (κ2) is 9.51. The summed E-state index contributed by atoms with van der Waals surface area (Å²) in [6.07, 6.45) is 0.0915. The molecule has 188 valence electrons. The topological polar surface area (TPSA) is 61.5 Å². The van der Waals surface area contributed by atoms with Crippen LogP contribution in [-0.4, -0.2) is 46.2 Å². The van der Waals surface area contributed by atoms with Gasteiger partial charge in [-0.25, -0.2) is 9.37 Å². The van der Waals surface area contributed by atoms with Gasteiger partial charge in [0.25, 0.3) is 5.56 Å². The molecule has 3 aromatic heterocycles. The predicted molar refractivity (Wildman–Crippen MR) is 129 cm³/mol. The predicted octanol–water partition coefficient (Wildman–Crippen LogP) is 4.48. The summed E-state index contributed by atoms with van der Waals surface area (Å²) in [5.74, 6) is -1.59. The first-order valence-electron chi connectivity index (χ1n) is 11.0. The summed E-state index contributed by atoms with van der Waals surface area (Å²) >= 11 is 4.45. The number of fused-ring (bicyclic) bond motifs is 1. The molecule has 0 amide bonds. The Morgan fingerprint density at radius 3 is 2.61 bits per heavy atom. The van der Waals surface area contributed by atoms with Crippen LogP contribution in [0.25, 0.3) is 22.2 Å². The maximum atomic E-state index is 13.8. The molecule has 12 heteroatoms. The van der Waals surface area contributed by atoms with E-state index in [0.717, 1.165) is 41.9 Å². The van der Waals surface area contributed by atoms with E-state index in [1.807, 2.05) is 6.07 Å². The molecule has 36 heavy (non-hydrogen) atoms. The van der Waals surface area contributed by atoms with Gasteiger partial charge in [0, 0.05) is 48.6 Å². The molecule has 1 aliphatic rings. The standard InChI is InChI=1S/C24H20F4N4O3S/c25-17-7-15(8-19(10-17)35-24(26,27)28)13-31-2-1-16(9-22(31)33)21-14-32(36)23-20(21)11-18(12-29-23)30-3-5-34-6-4-30/h1-2,7-12,14,36H,3-6,13H2. The Bertz CT molecular complexity index is 1480. The van der Waals surface area contributed by atoms with Crippen LogP contribution >= 0.6 is 12.8 Å². The second-order valence-corrected chi connectivity index (χ2v) is 8.71. The van der Waals surface area contributed by atoms with Crippen molar-refractivity contribution in [2.45, 2.75) is 12.9 Å². The Morgan fingerprint density at radius 1 is 1.11 bits per heavy atom. The van der Waals surface area contributed by atoms with Gasteiger partial charge >= 0.3 is 6.36 Å². The van der Waals surface area contributed by atoms with Crippen molar-refractivity contribution >= 4 is 29.5 Å². The van der Waals surface area contributed by atoms with Crippen molar-refractivity contribution in [3.8, 4) is 16.9 Å². The van der Waals surface area contributed by atoms with Crippen molar-refractivity contribution in [2.75, 3.05) is 31.2 Å². The number of anilines is 1. The lowest BCUT2D eigenvalue weighted by molar-refractivity contribution is -0.274. The van der Waals surface area contributed by atoms with Gasteiger partial charge in [-0.1, -0.05) is 12.8 Å². The van der Waals surface area contributed by atoms with E-state index in [4.69, 9.17) is 4.74 Å². The monoisotopic (exact) mass is 520 g/mol. The highest BCUT2D eigenvalue weighted by molar-refractivity contribution is 7.78. The minimum Gasteiger partial charge on any atom is -0.406 e. The molecule has 4 heterocycles. The zero-order valence-corrected chi connectivity index (χ0v) is 19.6. The third kappa shape index (κ3) is 5.19. The van der Waals surface area contributed by atoms with Gasteiger partial charge in [0.1, 0.15) is 11.6 Å². The van der Waals surface area contributed by atoms with E-state index in [0.29, 0.717) is 30.5 Å². The zero-order chi connectivity index (χ0) is 25.4. The van der Waals surface area contributed by atoms with Crippen LogP contribution in [0, 0.1) is 5.82 Å². The molecule has 1 aromatic carbocycles. The molecule has 7 nitrogen and oxygen atoms in total. The maximum Gasteiger partial charge on any atom is 0.573 e. The van der Waals surface area contributed by atoms with Gasteiger partial charge in [-0.3, -0.25) is 8.77 Å². The number of nitrogens with zero attached hydrogens (tertiary/aromatic N) is 4. The first kappa shape index (κ1) is 24.2. The fourth-order valence-corrected chi connectivity index (χ4v) is 4.49. The lowest BCUT2D eigenvalue weighted by Crippen LogP contribution is -2.36. The molecule has 1 saturated heterocycles. The number of pyridine rings is 2. The summed E-state index contributed by atoms with van der Waals surface area (Å²) in [5, 5.41) is 0.810. The van der Waals surface area contributed by atoms with Gasteiger partial charge in [-0.15, -0.1) is 13.2 Å². The van der Waals surface area contributed by atoms with Gasteiger partial charge in [0.2, 0.25) is 0 Å². The first-order valence-corrected chi connectivity index (χ1v) is 11.4. The number of hydrogen-bond donors (Lipinski definition) is 1. The van der Waals surface area contributed by atoms with E-state index in [2.05, 4.69) is 27.4 Å². The Balaban J connectivity index is 1.45. The number of ether oxygens (including phenoxy) is 2. The third-order valence-corrected chi connectivity index (χ3v) is 6.12. The molecular formula is C24H20F4N4O3S. The average Bonchev–Trinajstić information content (AvgIpc) is 3.15. The van der Waals surface area contributed by atoms with Gasteiger partial charge in [-0.05, 0) is 35.4 Å². The lowest BCUT2D eigenvalue weighted by atomic mass is 10.1. The fourth-order valence-electron chi connectivity index (χ4n) is 4.21. The highest BCUT2D eigenvalue weighted by atomic mass is 32.1. The maximum absolute atomic E-state index is 13.8. The van der Waals surface area contributed by atoms with E-state index in [1.54, 1.807) is 22.4 Å². The van der Waals surface area contributed by atoms with Crippen LogP contribution in [0.5, 0.6) is 5.75 Å². The number of morpholine rings is 1. The Morgan fingerprint density at radius 2 is 1.89 bits per heavy atom. The van der Waals surface area contributed by atoms with Crippen LogP contribution < -0.4 is 15.2 Å². The Hall–Kier alpha value is -3.51. The molecule has 0 radical (unpaired) electrons. The second-order valence-electron chi connectivity index (χ2n) is 8.28. The van der Waals surface area contributed by atoms with Gasteiger partial charge in [0.15, 0.2) is 5.65 Å². The summed E-state index contributed by atoms with van der Waals surface area (Å²) in [6.45, 7) is 2.62. The quantitative estimate of drug-likeness (QED) is 0.311. The van der Waals surface area contributed by atoms with Crippen molar-refractivity contribution < 1.29 is 27.0 Å². The molecule has 1 aliphatic heterocycles. The summed E-state index contributed by atoms with van der Waals surface area (Å²) in [4.78, 5) is 19.6. The number of alkyl halides is 3. The summed E-state index contributed by atoms with van der Waals surface area (Å²) in [6, 6.07) is 7.85. The summed E-state index contributed by atoms with van der Waals surface area (Å²) < 4.78 is 63.5. The summed E-state index contributed by atoms with van der Waals surface area (Å²) in [5.41, 5.74) is 2.67. The highest BCUT2D eigenvalue weighted by Crippen LogP contribution is 2.32. The van der Waals surface area contributed by atoms with Crippen LogP contribution in [-0.2, 0) is 11.3 Å². The number of hydrogen-bond acceptors (Lipinski definition) is 6. The van der Waals surface area contributed by atoms with E-state index in [-0.39, 0.29) is 12.1 Å². The fraction of sp³-hybridized carbons (Fsp3) is 0.250. The molecule has 0 N–H and O–H groups in total. The molecule has 0 bridgehead atoms. The summed E-state index contributed by atoms with van der Waals surface area (Å²) in [7, 11) is 0. The largest absolute Gasteiger partial charge is 0.573 e. The zero-order valence-electron chi connectivity index (χ0n) is 18.7. The molecule has 0 aliphatic carbocycles. The number of thiol groups is 1. The van der Waals surface area contributed by atoms with Crippen LogP contribution in [0.3, 0.4) is 0 Å². The van der Waals surface area contributed by atoms with E-state index >= 15 is 0 Å². The van der Waals surface area contributed by atoms with Crippen molar-refractivity contribution in [1.29, 1.82) is 0 Å². The van der Waals surface area contributed by atoms with Crippen LogP contribution in [0.2, 0.25) is 0 Å². The van der Waals surface area contributed by atoms with Crippen molar-refractivity contribution in [3.05, 3.63) is 76.7 Å². The smallest absolute Gasteiger partial charge is 0.406 e. The van der Waals surface area contributed by atoms with Crippen LogP contribution in [0.1, 0.15) is 5.56 Å². The van der Waals surface area contributed by atoms with Gasteiger partial charge in [0.05, 0.1) is 31.6 Å². The number of benzene rings is 1. The molecule has 5 rings (SSSR count). The first-order chi connectivity index (χ1) is 17.2.